The second-order valence-corrected chi connectivity index (χ2v) is 8.15. The maximum atomic E-state index is 12.5. The van der Waals surface area contributed by atoms with Gasteiger partial charge in [0.25, 0.3) is 0 Å². The predicted molar refractivity (Wildman–Crippen MR) is 87.3 cm³/mol. The zero-order valence-electron chi connectivity index (χ0n) is 13.8. The molecular formula is C19H23NO4. The molecule has 1 aromatic rings. The molecule has 3 aliphatic carbocycles. The molecule has 5 nitrogen and oxygen atoms in total. The van der Waals surface area contributed by atoms with Crippen molar-refractivity contribution >= 4 is 5.78 Å². The van der Waals surface area contributed by atoms with Crippen molar-refractivity contribution in [2.24, 2.45) is 5.92 Å². The number of rotatable bonds is 3. The van der Waals surface area contributed by atoms with E-state index in [-0.39, 0.29) is 17.6 Å². The quantitative estimate of drug-likeness (QED) is 0.782. The van der Waals surface area contributed by atoms with Gasteiger partial charge < -0.3 is 20.3 Å². The Labute approximate surface area is 141 Å². The first kappa shape index (κ1) is 14.7. The topological polar surface area (TPSA) is 78.8 Å². The van der Waals surface area contributed by atoms with Gasteiger partial charge in [0.2, 0.25) is 0 Å². The van der Waals surface area contributed by atoms with E-state index >= 15 is 0 Å². The van der Waals surface area contributed by atoms with E-state index in [9.17, 15) is 15.0 Å². The molecule has 0 amide bonds. The highest BCUT2D eigenvalue weighted by Gasteiger charge is 2.68. The summed E-state index contributed by atoms with van der Waals surface area (Å²) in [4.78, 5) is 12.5. The molecule has 24 heavy (non-hydrogen) atoms. The largest absolute Gasteiger partial charge is 0.504 e. The van der Waals surface area contributed by atoms with Gasteiger partial charge in [-0.05, 0) is 56.7 Å². The molecule has 2 fully saturated rings. The Balaban J connectivity index is 1.66. The SMILES string of the molecule is CC12c3c4ccc(O)c3OC1C(=O)CCC2(O)C(NCC1CC1)C4. The lowest BCUT2D eigenvalue weighted by Gasteiger charge is -2.55. The van der Waals surface area contributed by atoms with Gasteiger partial charge in [-0.1, -0.05) is 6.07 Å². The number of benzene rings is 1. The van der Waals surface area contributed by atoms with E-state index < -0.39 is 17.1 Å². The number of phenols is 1. The number of carbonyl (C=O) groups excluding carboxylic acids is 1. The normalized spacial score (nSPS) is 39.5. The number of carbonyl (C=O) groups is 1. The summed E-state index contributed by atoms with van der Waals surface area (Å²) in [5, 5.41) is 25.5. The van der Waals surface area contributed by atoms with Crippen molar-refractivity contribution in [3.8, 4) is 11.5 Å². The van der Waals surface area contributed by atoms with Crippen molar-refractivity contribution in [1.82, 2.24) is 5.32 Å². The van der Waals surface area contributed by atoms with Crippen LogP contribution in [0.1, 0.15) is 43.7 Å². The van der Waals surface area contributed by atoms with Crippen LogP contribution in [-0.4, -0.2) is 40.3 Å². The number of hydrogen-bond donors (Lipinski definition) is 3. The minimum absolute atomic E-state index is 0.0200. The lowest BCUT2D eigenvalue weighted by molar-refractivity contribution is -0.155. The molecule has 128 valence electrons. The molecule has 1 aromatic carbocycles. The third kappa shape index (κ3) is 1.64. The summed E-state index contributed by atoms with van der Waals surface area (Å²) in [6, 6.07) is 3.46. The molecule has 2 saturated carbocycles. The lowest BCUT2D eigenvalue weighted by Crippen LogP contribution is -2.71. The van der Waals surface area contributed by atoms with Gasteiger partial charge in [-0.3, -0.25) is 4.79 Å². The third-order valence-electron chi connectivity index (χ3n) is 6.80. The van der Waals surface area contributed by atoms with Crippen LogP contribution in [0.2, 0.25) is 0 Å². The molecule has 1 aliphatic heterocycles. The molecule has 4 aliphatic rings. The van der Waals surface area contributed by atoms with E-state index in [4.69, 9.17) is 4.74 Å². The first-order valence-electron chi connectivity index (χ1n) is 8.95. The Morgan fingerprint density at radius 2 is 2.17 bits per heavy atom. The summed E-state index contributed by atoms with van der Waals surface area (Å²) >= 11 is 0. The highest BCUT2D eigenvalue weighted by atomic mass is 16.5. The molecule has 1 heterocycles. The van der Waals surface area contributed by atoms with Crippen LogP contribution in [0.5, 0.6) is 11.5 Å². The van der Waals surface area contributed by atoms with Gasteiger partial charge in [0.15, 0.2) is 23.4 Å². The molecule has 0 saturated heterocycles. The smallest absolute Gasteiger partial charge is 0.174 e. The number of ketones is 1. The van der Waals surface area contributed by atoms with Crippen molar-refractivity contribution in [1.29, 1.82) is 0 Å². The van der Waals surface area contributed by atoms with Crippen LogP contribution >= 0.6 is 0 Å². The molecule has 0 aromatic heterocycles. The van der Waals surface area contributed by atoms with Crippen molar-refractivity contribution in [3.05, 3.63) is 23.3 Å². The molecule has 5 rings (SSSR count). The van der Waals surface area contributed by atoms with Gasteiger partial charge in [-0.25, -0.2) is 0 Å². The first-order valence-corrected chi connectivity index (χ1v) is 8.95. The standard InChI is InChI=1S/C19H23NO4/c1-18-15-11-4-5-12(21)16(15)24-17(18)13(22)6-7-19(18,23)14(8-11)20-9-10-2-3-10/h4-5,10,14,17,20-21,23H,2-3,6-9H2,1H3. The van der Waals surface area contributed by atoms with Crippen molar-refractivity contribution in [2.45, 2.75) is 62.2 Å². The number of ether oxygens (including phenoxy) is 1. The zero-order chi connectivity index (χ0) is 16.7. The maximum absolute atomic E-state index is 12.5. The van der Waals surface area contributed by atoms with Gasteiger partial charge in [-0.2, -0.15) is 0 Å². The van der Waals surface area contributed by atoms with E-state index in [2.05, 4.69) is 5.32 Å². The molecule has 0 spiro atoms. The lowest BCUT2D eigenvalue weighted by atomic mass is 9.53. The van der Waals surface area contributed by atoms with E-state index in [1.54, 1.807) is 6.07 Å². The van der Waals surface area contributed by atoms with Crippen LogP contribution in [0.3, 0.4) is 0 Å². The third-order valence-corrected chi connectivity index (χ3v) is 6.80. The Bertz CT molecular complexity index is 743. The van der Waals surface area contributed by atoms with Crippen LogP contribution in [0.4, 0.5) is 0 Å². The number of Topliss-reactive ketones (excluding diaryl/α,β-unsaturated/α-hetero) is 1. The van der Waals surface area contributed by atoms with E-state index in [1.165, 1.54) is 12.8 Å². The molecule has 0 radical (unpaired) electrons. The second kappa shape index (κ2) is 4.52. The second-order valence-electron chi connectivity index (χ2n) is 8.15. The average Bonchev–Trinajstić information content (AvgIpc) is 3.31. The molecule has 4 atom stereocenters. The summed E-state index contributed by atoms with van der Waals surface area (Å²) < 4.78 is 5.91. The summed E-state index contributed by atoms with van der Waals surface area (Å²) in [5.41, 5.74) is 0.0746. The van der Waals surface area contributed by atoms with Gasteiger partial charge >= 0.3 is 0 Å². The fourth-order valence-electron chi connectivity index (χ4n) is 5.17. The van der Waals surface area contributed by atoms with Crippen molar-refractivity contribution in [3.63, 3.8) is 0 Å². The highest BCUT2D eigenvalue weighted by Crippen LogP contribution is 2.60. The predicted octanol–water partition coefficient (Wildman–Crippen LogP) is 1.43. The molecule has 5 heteroatoms. The Hall–Kier alpha value is -1.59. The molecule has 3 N–H and O–H groups in total. The van der Waals surface area contributed by atoms with Crippen molar-refractivity contribution < 1.29 is 19.7 Å². The van der Waals surface area contributed by atoms with Gasteiger partial charge in [0, 0.05) is 18.0 Å². The van der Waals surface area contributed by atoms with E-state index in [1.807, 2.05) is 13.0 Å². The molecule has 0 bridgehead atoms. The minimum atomic E-state index is -1.04. The monoisotopic (exact) mass is 329 g/mol. The first-order chi connectivity index (χ1) is 11.4. The fraction of sp³-hybridized carbons (Fsp3) is 0.632. The van der Waals surface area contributed by atoms with Gasteiger partial charge in [0.1, 0.15) is 0 Å². The van der Waals surface area contributed by atoms with E-state index in [0.717, 1.165) is 23.6 Å². The van der Waals surface area contributed by atoms with Crippen LogP contribution < -0.4 is 10.1 Å². The number of hydrogen-bond acceptors (Lipinski definition) is 5. The van der Waals surface area contributed by atoms with Crippen LogP contribution in [0.25, 0.3) is 0 Å². The molecule has 4 unspecified atom stereocenters. The highest BCUT2D eigenvalue weighted by molar-refractivity contribution is 5.89. The maximum Gasteiger partial charge on any atom is 0.174 e. The van der Waals surface area contributed by atoms with Crippen LogP contribution in [0, 0.1) is 5.92 Å². The van der Waals surface area contributed by atoms with Crippen LogP contribution in [-0.2, 0) is 16.6 Å². The number of nitrogens with one attached hydrogen (secondary N) is 1. The Morgan fingerprint density at radius 3 is 2.92 bits per heavy atom. The summed E-state index contributed by atoms with van der Waals surface area (Å²) in [6.07, 6.45) is 3.28. The summed E-state index contributed by atoms with van der Waals surface area (Å²) in [6.45, 7) is 2.86. The summed E-state index contributed by atoms with van der Waals surface area (Å²) in [5.74, 6) is 1.20. The van der Waals surface area contributed by atoms with Crippen LogP contribution in [0.15, 0.2) is 12.1 Å². The fourth-order valence-corrected chi connectivity index (χ4v) is 5.17. The number of aliphatic hydroxyl groups is 1. The van der Waals surface area contributed by atoms with E-state index in [0.29, 0.717) is 25.0 Å². The Kier molecular flexibility index (Phi) is 2.78. The number of aromatic hydroxyl groups is 1. The summed E-state index contributed by atoms with van der Waals surface area (Å²) in [7, 11) is 0. The number of phenolic OH excluding ortho intramolecular Hbond substituents is 1. The Morgan fingerprint density at radius 1 is 1.38 bits per heavy atom. The zero-order valence-corrected chi connectivity index (χ0v) is 13.8. The minimum Gasteiger partial charge on any atom is -0.504 e. The van der Waals surface area contributed by atoms with Gasteiger partial charge in [-0.15, -0.1) is 0 Å². The molecular weight excluding hydrogens is 306 g/mol. The van der Waals surface area contributed by atoms with Crippen molar-refractivity contribution in [2.75, 3.05) is 6.54 Å². The average molecular weight is 329 g/mol. The van der Waals surface area contributed by atoms with Gasteiger partial charge in [0.05, 0.1) is 11.0 Å².